The van der Waals surface area contributed by atoms with Crippen molar-refractivity contribution in [2.24, 2.45) is 0 Å². The van der Waals surface area contributed by atoms with Crippen LogP contribution in [-0.2, 0) is 0 Å². The van der Waals surface area contributed by atoms with Gasteiger partial charge in [0.15, 0.2) is 0 Å². The van der Waals surface area contributed by atoms with Crippen LogP contribution in [0.4, 0.5) is 0 Å². The number of quaternary nitrogens is 2. The number of rotatable bonds is 19. The third-order valence-corrected chi connectivity index (χ3v) is 5.46. The van der Waals surface area contributed by atoms with E-state index in [2.05, 4.69) is 0 Å². The third kappa shape index (κ3) is 10.1. The lowest BCUT2D eigenvalue weighted by Gasteiger charge is -2.38. The summed E-state index contributed by atoms with van der Waals surface area (Å²) in [5, 5.41) is 55.8. The fourth-order valence-corrected chi connectivity index (χ4v) is 3.86. The molecule has 158 valence electrons. The largest absolute Gasteiger partial charge is 0.391 e. The topological polar surface area (TPSA) is 121 Å². The minimum absolute atomic E-state index is 0.0451. The highest BCUT2D eigenvalue weighted by Gasteiger charge is 2.26. The van der Waals surface area contributed by atoms with E-state index in [9.17, 15) is 30.6 Å². The summed E-state index contributed by atoms with van der Waals surface area (Å²) >= 11 is 0. The van der Waals surface area contributed by atoms with E-state index in [0.717, 1.165) is 38.8 Å². The fraction of sp³-hybridized carbons (Fsp3) is 1.00. The van der Waals surface area contributed by atoms with Gasteiger partial charge in [0.05, 0.1) is 52.7 Å². The van der Waals surface area contributed by atoms with Crippen LogP contribution in [0, 0.1) is 0 Å². The van der Waals surface area contributed by atoms with E-state index in [-0.39, 0.29) is 39.6 Å². The van der Waals surface area contributed by atoms with E-state index < -0.39 is 0 Å². The number of hydrogen-bond acceptors (Lipinski definition) is 6. The van der Waals surface area contributed by atoms with E-state index in [1.807, 2.05) is 0 Å². The molecule has 8 nitrogen and oxygen atoms in total. The van der Waals surface area contributed by atoms with Crippen LogP contribution in [0.5, 0.6) is 0 Å². The molecule has 0 bridgehead atoms. The molecule has 0 aromatic rings. The SMILES string of the molecule is OCC[N+](CCO)(CCO)CCCCCC[N+](CCO)(CCO)CCO. The molecule has 26 heavy (non-hydrogen) atoms. The highest BCUT2D eigenvalue weighted by atomic mass is 16.3. The first kappa shape index (κ1) is 25.7. The van der Waals surface area contributed by atoms with Crippen molar-refractivity contribution in [2.75, 3.05) is 92.0 Å². The quantitative estimate of drug-likeness (QED) is 0.115. The molecule has 6 N–H and O–H groups in total. The Kier molecular flexibility index (Phi) is 15.5. The molecule has 0 aliphatic carbocycles. The van der Waals surface area contributed by atoms with Crippen molar-refractivity contribution in [2.45, 2.75) is 25.7 Å². The maximum Gasteiger partial charge on any atom is 0.102 e. The molecule has 0 spiro atoms. The van der Waals surface area contributed by atoms with Crippen LogP contribution in [0.2, 0.25) is 0 Å². The van der Waals surface area contributed by atoms with Crippen LogP contribution in [-0.4, -0.2) is 132 Å². The molecule has 0 heterocycles. The van der Waals surface area contributed by atoms with Crippen LogP contribution in [0.15, 0.2) is 0 Å². The third-order valence-electron chi connectivity index (χ3n) is 5.46. The first-order valence-electron chi connectivity index (χ1n) is 9.93. The summed E-state index contributed by atoms with van der Waals surface area (Å²) in [4.78, 5) is 0. The van der Waals surface area contributed by atoms with Gasteiger partial charge in [-0.3, -0.25) is 0 Å². The lowest BCUT2D eigenvalue weighted by Crippen LogP contribution is -2.54. The summed E-state index contributed by atoms with van der Waals surface area (Å²) in [7, 11) is 0. The highest BCUT2D eigenvalue weighted by molar-refractivity contribution is 4.51. The summed E-state index contributed by atoms with van der Waals surface area (Å²) in [6.07, 6.45) is 3.94. The van der Waals surface area contributed by atoms with E-state index in [4.69, 9.17) is 0 Å². The van der Waals surface area contributed by atoms with Crippen LogP contribution in [0.25, 0.3) is 0 Å². The minimum Gasteiger partial charge on any atom is -0.391 e. The Morgan fingerprint density at radius 2 is 0.538 bits per heavy atom. The van der Waals surface area contributed by atoms with Gasteiger partial charge >= 0.3 is 0 Å². The highest BCUT2D eigenvalue weighted by Crippen LogP contribution is 2.13. The molecule has 0 aromatic heterocycles. The van der Waals surface area contributed by atoms with E-state index in [1.165, 1.54) is 0 Å². The van der Waals surface area contributed by atoms with Crippen molar-refractivity contribution in [1.29, 1.82) is 0 Å². The summed E-state index contributed by atoms with van der Waals surface area (Å²) < 4.78 is 1.09. The van der Waals surface area contributed by atoms with Crippen LogP contribution in [0.1, 0.15) is 25.7 Å². The van der Waals surface area contributed by atoms with Crippen molar-refractivity contribution in [3.63, 3.8) is 0 Å². The maximum atomic E-state index is 9.29. The molecular weight excluding hydrogens is 340 g/mol. The standard InChI is InChI=1S/C18H42N2O6/c21-13-7-19(8-14-22,9-15-23)5-3-1-2-4-6-20(10-16-24,11-17-25)12-18-26/h21-26H,1-18H2/q+2. The Balaban J connectivity index is 4.35. The van der Waals surface area contributed by atoms with Crippen LogP contribution in [0.3, 0.4) is 0 Å². The summed E-state index contributed by atoms with van der Waals surface area (Å²) in [5.74, 6) is 0. The van der Waals surface area contributed by atoms with Gasteiger partial charge in [-0.05, 0) is 25.7 Å². The Hall–Kier alpha value is -0.320. The summed E-state index contributed by atoms with van der Waals surface area (Å²) in [6, 6.07) is 0. The lowest BCUT2D eigenvalue weighted by molar-refractivity contribution is -0.929. The van der Waals surface area contributed by atoms with Gasteiger partial charge < -0.3 is 39.6 Å². The van der Waals surface area contributed by atoms with Gasteiger partial charge in [-0.15, -0.1) is 0 Å². The first-order valence-corrected chi connectivity index (χ1v) is 9.93. The molecule has 0 unspecified atom stereocenters. The second-order valence-electron chi connectivity index (χ2n) is 7.23. The second-order valence-corrected chi connectivity index (χ2v) is 7.23. The Morgan fingerprint density at radius 3 is 0.731 bits per heavy atom. The molecule has 0 aliphatic heterocycles. The average molecular weight is 383 g/mol. The van der Waals surface area contributed by atoms with Gasteiger partial charge in [0.1, 0.15) is 39.3 Å². The minimum atomic E-state index is 0.0451. The first-order chi connectivity index (χ1) is 12.6. The van der Waals surface area contributed by atoms with Crippen molar-refractivity contribution in [3.8, 4) is 0 Å². The van der Waals surface area contributed by atoms with Crippen molar-refractivity contribution in [3.05, 3.63) is 0 Å². The zero-order valence-corrected chi connectivity index (χ0v) is 16.3. The zero-order chi connectivity index (χ0) is 19.7. The number of aliphatic hydroxyl groups excluding tert-OH is 6. The van der Waals surface area contributed by atoms with Gasteiger partial charge in [0, 0.05) is 0 Å². The molecule has 0 saturated heterocycles. The number of aliphatic hydroxyl groups is 6. The molecule has 0 radical (unpaired) electrons. The predicted octanol–water partition coefficient (Wildman–Crippen LogP) is -1.87. The van der Waals surface area contributed by atoms with Gasteiger partial charge in [-0.2, -0.15) is 0 Å². The number of nitrogens with zero attached hydrogens (tertiary/aromatic N) is 2. The average Bonchev–Trinajstić information content (AvgIpc) is 2.59. The van der Waals surface area contributed by atoms with E-state index in [0.29, 0.717) is 48.2 Å². The summed E-state index contributed by atoms with van der Waals surface area (Å²) in [5.41, 5.74) is 0. The van der Waals surface area contributed by atoms with Crippen molar-refractivity contribution < 1.29 is 39.6 Å². The Morgan fingerprint density at radius 1 is 0.308 bits per heavy atom. The second kappa shape index (κ2) is 15.7. The molecule has 0 fully saturated rings. The lowest BCUT2D eigenvalue weighted by atomic mass is 10.1. The molecule has 8 heteroatoms. The number of unbranched alkanes of at least 4 members (excludes halogenated alkanes) is 3. The molecule has 0 rings (SSSR count). The molecule has 0 aliphatic rings. The Labute approximate surface area is 158 Å². The van der Waals surface area contributed by atoms with Gasteiger partial charge in [0.2, 0.25) is 0 Å². The smallest absolute Gasteiger partial charge is 0.102 e. The van der Waals surface area contributed by atoms with Crippen LogP contribution < -0.4 is 0 Å². The zero-order valence-electron chi connectivity index (χ0n) is 16.3. The Bertz CT molecular complexity index is 256. The molecule has 0 saturated carbocycles. The molecule has 0 amide bonds. The maximum absolute atomic E-state index is 9.29. The van der Waals surface area contributed by atoms with Gasteiger partial charge in [0.25, 0.3) is 0 Å². The van der Waals surface area contributed by atoms with Gasteiger partial charge in [-0.1, -0.05) is 0 Å². The van der Waals surface area contributed by atoms with Crippen LogP contribution >= 0.6 is 0 Å². The normalized spacial score (nSPS) is 12.7. The number of hydrogen-bond donors (Lipinski definition) is 6. The fourth-order valence-electron chi connectivity index (χ4n) is 3.86. The van der Waals surface area contributed by atoms with E-state index in [1.54, 1.807) is 0 Å². The molecular formula is C18H42N2O6+2. The van der Waals surface area contributed by atoms with Crippen molar-refractivity contribution >= 4 is 0 Å². The summed E-state index contributed by atoms with van der Waals surface area (Å²) in [6.45, 7) is 5.20. The van der Waals surface area contributed by atoms with Crippen molar-refractivity contribution in [1.82, 2.24) is 0 Å². The van der Waals surface area contributed by atoms with E-state index >= 15 is 0 Å². The monoisotopic (exact) mass is 382 g/mol. The van der Waals surface area contributed by atoms with Gasteiger partial charge in [-0.25, -0.2) is 0 Å². The molecule has 0 aromatic carbocycles. The predicted molar refractivity (Wildman–Crippen MR) is 100 cm³/mol. The molecule has 0 atom stereocenters.